The summed E-state index contributed by atoms with van der Waals surface area (Å²) in [5.74, 6) is -0.986. The third kappa shape index (κ3) is 2.02. The summed E-state index contributed by atoms with van der Waals surface area (Å²) in [6, 6.07) is 0. The van der Waals surface area contributed by atoms with Gasteiger partial charge in [-0.3, -0.25) is 0 Å². The number of thiophene rings is 1. The van der Waals surface area contributed by atoms with E-state index in [2.05, 4.69) is 13.8 Å². The second-order valence-electron chi connectivity index (χ2n) is 5.29. The molecule has 0 bridgehead atoms. The quantitative estimate of drug-likeness (QED) is 0.685. The van der Waals surface area contributed by atoms with Crippen molar-refractivity contribution in [2.45, 2.75) is 46.5 Å². The van der Waals surface area contributed by atoms with Crippen molar-refractivity contribution < 1.29 is 19.0 Å². The second kappa shape index (κ2) is 4.00. The zero-order valence-electron chi connectivity index (χ0n) is 11.5. The number of carbonyl (C=O) groups excluding carboxylic acids is 1. The van der Waals surface area contributed by atoms with E-state index >= 15 is 0 Å². The largest absolute Gasteiger partial charge is 0.460 e. The van der Waals surface area contributed by atoms with E-state index in [1.165, 1.54) is 20.9 Å². The highest BCUT2D eigenvalue weighted by atomic mass is 32.1. The van der Waals surface area contributed by atoms with E-state index in [1.54, 1.807) is 25.2 Å². The highest BCUT2D eigenvalue weighted by Crippen LogP contribution is 2.37. The van der Waals surface area contributed by atoms with Crippen LogP contribution in [0.2, 0.25) is 0 Å². The molecule has 0 spiro atoms. The smallest absolute Gasteiger partial charge is 0.344 e. The summed E-state index contributed by atoms with van der Waals surface area (Å²) in [5, 5.41) is 0. The lowest BCUT2D eigenvalue weighted by Crippen LogP contribution is -2.37. The van der Waals surface area contributed by atoms with Crippen LogP contribution in [0.1, 0.15) is 34.7 Å². The van der Waals surface area contributed by atoms with Crippen molar-refractivity contribution in [2.75, 3.05) is 0 Å². The van der Waals surface area contributed by atoms with Gasteiger partial charge in [-0.25, -0.2) is 4.79 Å². The van der Waals surface area contributed by atoms with Gasteiger partial charge in [0.15, 0.2) is 0 Å². The van der Waals surface area contributed by atoms with Crippen molar-refractivity contribution in [2.24, 2.45) is 0 Å². The molecule has 19 heavy (non-hydrogen) atoms. The summed E-state index contributed by atoms with van der Waals surface area (Å²) >= 11 is 1.74. The molecule has 0 saturated carbocycles. The number of fused-ring (bicyclic) bond motifs is 1. The molecule has 0 aliphatic carbocycles. The molecule has 0 radical (unpaired) electrons. The maximum absolute atomic E-state index is 12.1. The summed E-state index contributed by atoms with van der Waals surface area (Å²) in [6.45, 7) is 8.01. The molecule has 0 N–H and O–H groups in total. The van der Waals surface area contributed by atoms with Crippen molar-refractivity contribution in [1.29, 1.82) is 0 Å². The van der Waals surface area contributed by atoms with Crippen LogP contribution in [-0.4, -0.2) is 11.8 Å². The molecule has 2 aliphatic heterocycles. The Morgan fingerprint density at radius 2 is 1.79 bits per heavy atom. The molecule has 0 saturated heterocycles. The second-order valence-corrected chi connectivity index (χ2v) is 6.72. The maximum atomic E-state index is 12.1. The Bertz CT molecular complexity index is 595. The molecule has 1 aromatic heterocycles. The fourth-order valence-corrected chi connectivity index (χ4v) is 3.53. The van der Waals surface area contributed by atoms with Gasteiger partial charge in [-0.15, -0.1) is 11.3 Å². The van der Waals surface area contributed by atoms with E-state index in [-0.39, 0.29) is 5.97 Å². The number of aryl methyl sites for hydroxylation is 2. The van der Waals surface area contributed by atoms with Crippen molar-refractivity contribution in [1.82, 2.24) is 0 Å². The lowest BCUT2D eigenvalue weighted by molar-refractivity contribution is -0.227. The van der Waals surface area contributed by atoms with Gasteiger partial charge in [0.05, 0.1) is 0 Å². The number of carbonyl (C=O) groups is 1. The van der Waals surface area contributed by atoms with E-state index in [0.29, 0.717) is 24.5 Å². The first kappa shape index (κ1) is 12.5. The minimum Gasteiger partial charge on any atom is -0.460 e. The predicted octanol–water partition coefficient (Wildman–Crippen LogP) is 2.96. The lowest BCUT2D eigenvalue weighted by atomic mass is 10.0. The number of ether oxygens (including phenoxy) is 3. The van der Waals surface area contributed by atoms with E-state index in [9.17, 15) is 4.79 Å². The monoisotopic (exact) mass is 280 g/mol. The normalized spacial score (nSPS) is 20.7. The highest BCUT2D eigenvalue weighted by molar-refractivity contribution is 7.12. The minimum absolute atomic E-state index is 0.321. The molecule has 3 rings (SSSR count). The highest BCUT2D eigenvalue weighted by Gasteiger charge is 2.39. The van der Waals surface area contributed by atoms with Gasteiger partial charge >= 0.3 is 5.97 Å². The predicted molar refractivity (Wildman–Crippen MR) is 70.6 cm³/mol. The first-order chi connectivity index (χ1) is 8.87. The van der Waals surface area contributed by atoms with Crippen LogP contribution in [-0.2, 0) is 32.0 Å². The van der Waals surface area contributed by atoms with E-state index in [4.69, 9.17) is 14.2 Å². The van der Waals surface area contributed by atoms with Gasteiger partial charge in [0.2, 0.25) is 0 Å². The Morgan fingerprint density at radius 1 is 1.11 bits per heavy atom. The SMILES string of the molecule is Cc1sc(C)c2c1COC1=C(C2)C(=O)OC(C)(C)O1. The van der Waals surface area contributed by atoms with Gasteiger partial charge in [-0.2, -0.15) is 0 Å². The van der Waals surface area contributed by atoms with Crippen molar-refractivity contribution in [3.05, 3.63) is 32.4 Å². The molecule has 2 aliphatic rings. The summed E-state index contributed by atoms with van der Waals surface area (Å²) in [4.78, 5) is 14.5. The zero-order valence-corrected chi connectivity index (χ0v) is 12.3. The molecule has 5 heteroatoms. The van der Waals surface area contributed by atoms with Gasteiger partial charge in [0, 0.05) is 35.6 Å². The number of rotatable bonds is 0. The van der Waals surface area contributed by atoms with Crippen molar-refractivity contribution in [3.8, 4) is 0 Å². The molecule has 0 unspecified atom stereocenters. The summed E-state index contributed by atoms with van der Waals surface area (Å²) in [7, 11) is 0. The Labute approximate surface area is 116 Å². The van der Waals surface area contributed by atoms with Gasteiger partial charge in [0.25, 0.3) is 11.7 Å². The average molecular weight is 280 g/mol. The molecule has 0 fully saturated rings. The van der Waals surface area contributed by atoms with Crippen molar-refractivity contribution >= 4 is 17.3 Å². The van der Waals surface area contributed by atoms with Crippen LogP contribution in [0.4, 0.5) is 0 Å². The summed E-state index contributed by atoms with van der Waals surface area (Å²) in [5.41, 5.74) is 2.83. The number of hydrogen-bond donors (Lipinski definition) is 0. The van der Waals surface area contributed by atoms with E-state index < -0.39 is 5.79 Å². The number of esters is 1. The van der Waals surface area contributed by atoms with Gasteiger partial charge in [0.1, 0.15) is 12.2 Å². The first-order valence-electron chi connectivity index (χ1n) is 6.23. The minimum atomic E-state index is -0.961. The molecule has 0 aromatic carbocycles. The zero-order chi connectivity index (χ0) is 13.8. The topological polar surface area (TPSA) is 44.8 Å². The first-order valence-corrected chi connectivity index (χ1v) is 7.05. The maximum Gasteiger partial charge on any atom is 0.344 e. The summed E-state index contributed by atoms with van der Waals surface area (Å²) < 4.78 is 16.6. The van der Waals surface area contributed by atoms with Crippen LogP contribution < -0.4 is 0 Å². The summed E-state index contributed by atoms with van der Waals surface area (Å²) in [6.07, 6.45) is 0.524. The lowest BCUT2D eigenvalue weighted by Gasteiger charge is -2.31. The molecule has 102 valence electrons. The van der Waals surface area contributed by atoms with Gasteiger partial charge < -0.3 is 14.2 Å². The van der Waals surface area contributed by atoms with Gasteiger partial charge in [-0.1, -0.05) is 0 Å². The fourth-order valence-electron chi connectivity index (χ4n) is 2.45. The van der Waals surface area contributed by atoms with Crippen LogP contribution in [0, 0.1) is 13.8 Å². The van der Waals surface area contributed by atoms with Crippen LogP contribution in [0.25, 0.3) is 0 Å². The third-order valence-electron chi connectivity index (χ3n) is 3.39. The number of cyclic esters (lactones) is 1. The fraction of sp³-hybridized carbons (Fsp3) is 0.500. The molecular formula is C14H16O4S. The molecule has 1 aromatic rings. The van der Waals surface area contributed by atoms with Crippen LogP contribution >= 0.6 is 11.3 Å². The average Bonchev–Trinajstić information content (AvgIpc) is 2.47. The molecule has 0 atom stereocenters. The van der Waals surface area contributed by atoms with Crippen molar-refractivity contribution in [3.63, 3.8) is 0 Å². The Morgan fingerprint density at radius 3 is 2.53 bits per heavy atom. The van der Waals surface area contributed by atoms with Crippen LogP contribution in [0.5, 0.6) is 0 Å². The Balaban J connectivity index is 2.04. The third-order valence-corrected chi connectivity index (χ3v) is 4.50. The van der Waals surface area contributed by atoms with Crippen LogP contribution in [0.3, 0.4) is 0 Å². The Hall–Kier alpha value is -1.49. The van der Waals surface area contributed by atoms with E-state index in [1.807, 2.05) is 0 Å². The van der Waals surface area contributed by atoms with Crippen LogP contribution in [0.15, 0.2) is 11.5 Å². The number of hydrogen-bond acceptors (Lipinski definition) is 5. The standard InChI is InChI=1S/C14H16O4S/c1-7-9-5-10-12(15)17-14(3,4)18-13(10)16-6-11(9)8(2)19-7/h5-6H2,1-4H3. The molecular weight excluding hydrogens is 264 g/mol. The Kier molecular flexibility index (Phi) is 2.64. The molecule has 0 amide bonds. The molecule has 3 heterocycles. The van der Waals surface area contributed by atoms with Gasteiger partial charge in [-0.05, 0) is 19.4 Å². The van der Waals surface area contributed by atoms with E-state index in [0.717, 1.165) is 0 Å². The molecule has 4 nitrogen and oxygen atoms in total.